The van der Waals surface area contributed by atoms with E-state index in [1.165, 1.54) is 6.07 Å². The number of hydrogen-bond acceptors (Lipinski definition) is 3. The van der Waals surface area contributed by atoms with Crippen molar-refractivity contribution in [1.29, 1.82) is 0 Å². The monoisotopic (exact) mass is 346 g/mol. The molecule has 0 amide bonds. The molecule has 130 valence electrons. The van der Waals surface area contributed by atoms with Crippen LogP contribution in [0.15, 0.2) is 61.1 Å². The zero-order valence-electron chi connectivity index (χ0n) is 13.5. The molecule has 7 heteroatoms. The van der Waals surface area contributed by atoms with E-state index in [4.69, 9.17) is 0 Å². The smallest absolute Gasteiger partial charge is 0.363 e. The second kappa shape index (κ2) is 6.96. The lowest BCUT2D eigenvalue weighted by atomic mass is 10.2. The number of halogens is 3. The van der Waals surface area contributed by atoms with Crippen molar-refractivity contribution in [3.05, 3.63) is 77.7 Å². The molecule has 0 aliphatic rings. The van der Waals surface area contributed by atoms with E-state index in [1.54, 1.807) is 6.20 Å². The maximum Gasteiger partial charge on any atom is 0.417 e. The van der Waals surface area contributed by atoms with Gasteiger partial charge in [0.2, 0.25) is 0 Å². The van der Waals surface area contributed by atoms with E-state index in [1.807, 2.05) is 48.1 Å². The summed E-state index contributed by atoms with van der Waals surface area (Å²) in [7, 11) is 0. The fourth-order valence-electron chi connectivity index (χ4n) is 2.41. The van der Waals surface area contributed by atoms with Crippen molar-refractivity contribution in [1.82, 2.24) is 14.8 Å². The molecule has 2 heterocycles. The molecule has 0 saturated carbocycles. The van der Waals surface area contributed by atoms with Gasteiger partial charge in [-0.3, -0.25) is 4.68 Å². The minimum absolute atomic E-state index is 0.131. The Kier molecular flexibility index (Phi) is 4.74. The second-order valence-electron chi connectivity index (χ2n) is 5.75. The van der Waals surface area contributed by atoms with E-state index in [0.717, 1.165) is 23.4 Å². The normalized spacial score (nSPS) is 12.8. The van der Waals surface area contributed by atoms with E-state index in [2.05, 4.69) is 15.4 Å². The second-order valence-corrected chi connectivity index (χ2v) is 5.75. The lowest BCUT2D eigenvalue weighted by Crippen LogP contribution is -2.09. The molecule has 3 aromatic rings. The van der Waals surface area contributed by atoms with Crippen LogP contribution in [-0.2, 0) is 12.7 Å². The molecular formula is C18H17F3N4. The van der Waals surface area contributed by atoms with Crippen LogP contribution in [0.4, 0.5) is 19.0 Å². The van der Waals surface area contributed by atoms with Gasteiger partial charge in [0.1, 0.15) is 5.82 Å². The van der Waals surface area contributed by atoms with Crippen LogP contribution in [-0.4, -0.2) is 14.8 Å². The quantitative estimate of drug-likeness (QED) is 0.739. The fourth-order valence-corrected chi connectivity index (χ4v) is 2.41. The van der Waals surface area contributed by atoms with Crippen molar-refractivity contribution in [2.24, 2.45) is 0 Å². The molecule has 1 atom stereocenters. The van der Waals surface area contributed by atoms with Crippen molar-refractivity contribution in [2.75, 3.05) is 5.32 Å². The van der Waals surface area contributed by atoms with Gasteiger partial charge < -0.3 is 5.32 Å². The summed E-state index contributed by atoms with van der Waals surface area (Å²) in [6.07, 6.45) is 0.100. The van der Waals surface area contributed by atoms with E-state index in [0.29, 0.717) is 12.4 Å². The number of rotatable bonds is 5. The van der Waals surface area contributed by atoms with Crippen molar-refractivity contribution < 1.29 is 13.2 Å². The molecule has 25 heavy (non-hydrogen) atoms. The number of nitrogens with one attached hydrogen (secondary N) is 1. The number of alkyl halides is 3. The molecule has 0 fully saturated rings. The Morgan fingerprint density at radius 3 is 2.48 bits per heavy atom. The van der Waals surface area contributed by atoms with Crippen LogP contribution in [0.5, 0.6) is 0 Å². The molecule has 1 unspecified atom stereocenters. The first-order valence-electron chi connectivity index (χ1n) is 7.78. The third-order valence-corrected chi connectivity index (χ3v) is 3.80. The van der Waals surface area contributed by atoms with Crippen molar-refractivity contribution >= 4 is 5.82 Å². The zero-order valence-corrected chi connectivity index (χ0v) is 13.5. The van der Waals surface area contributed by atoms with Gasteiger partial charge in [0.15, 0.2) is 0 Å². The highest BCUT2D eigenvalue weighted by Gasteiger charge is 2.30. The first-order valence-corrected chi connectivity index (χ1v) is 7.78. The molecule has 0 aliphatic heterocycles. The predicted octanol–water partition coefficient (Wildman–Crippen LogP) is 4.52. The minimum atomic E-state index is -4.38. The molecule has 2 aromatic heterocycles. The molecule has 0 bridgehead atoms. The van der Waals surface area contributed by atoms with Crippen LogP contribution < -0.4 is 5.32 Å². The number of benzene rings is 1. The van der Waals surface area contributed by atoms with Crippen LogP contribution >= 0.6 is 0 Å². The molecule has 1 aromatic carbocycles. The molecule has 3 rings (SSSR count). The molecule has 4 nitrogen and oxygen atoms in total. The van der Waals surface area contributed by atoms with Gasteiger partial charge in [-0.25, -0.2) is 4.98 Å². The van der Waals surface area contributed by atoms with Gasteiger partial charge in [0.05, 0.1) is 24.3 Å². The summed E-state index contributed by atoms with van der Waals surface area (Å²) in [6, 6.07) is 12.2. The lowest BCUT2D eigenvalue weighted by molar-refractivity contribution is -0.137. The van der Waals surface area contributed by atoms with E-state index < -0.39 is 11.7 Å². The topological polar surface area (TPSA) is 42.7 Å². The highest BCUT2D eigenvalue weighted by atomic mass is 19.4. The molecule has 1 N–H and O–H groups in total. The summed E-state index contributed by atoms with van der Waals surface area (Å²) in [5, 5.41) is 7.41. The summed E-state index contributed by atoms with van der Waals surface area (Å²) in [5.41, 5.74) is 1.31. The first kappa shape index (κ1) is 17.0. The van der Waals surface area contributed by atoms with Gasteiger partial charge in [-0.05, 0) is 24.6 Å². The number of nitrogens with zero attached hydrogens (tertiary/aromatic N) is 3. The lowest BCUT2D eigenvalue weighted by Gasteiger charge is -2.13. The van der Waals surface area contributed by atoms with E-state index in [9.17, 15) is 13.2 Å². The van der Waals surface area contributed by atoms with Crippen molar-refractivity contribution in [2.45, 2.75) is 25.7 Å². The molecule has 0 radical (unpaired) electrons. The van der Waals surface area contributed by atoms with Crippen LogP contribution in [0.25, 0.3) is 0 Å². The standard InChI is InChI=1S/C18H17F3N4/c1-13(24-17-8-7-16(10-22-17)18(19,20)21)15-9-23-25(12-15)11-14-5-3-2-4-6-14/h2-10,12-13H,11H2,1H3,(H,22,24). The zero-order chi connectivity index (χ0) is 17.9. The minimum Gasteiger partial charge on any atom is -0.363 e. The van der Waals surface area contributed by atoms with Crippen molar-refractivity contribution in [3.63, 3.8) is 0 Å². The highest BCUT2D eigenvalue weighted by molar-refractivity contribution is 5.38. The Morgan fingerprint density at radius 1 is 1.08 bits per heavy atom. The first-order chi connectivity index (χ1) is 11.9. The van der Waals surface area contributed by atoms with Crippen molar-refractivity contribution in [3.8, 4) is 0 Å². The largest absolute Gasteiger partial charge is 0.417 e. The van der Waals surface area contributed by atoms with Crippen LogP contribution in [0, 0.1) is 0 Å². The number of hydrogen-bond donors (Lipinski definition) is 1. The van der Waals surface area contributed by atoms with Gasteiger partial charge in [-0.2, -0.15) is 18.3 Å². The van der Waals surface area contributed by atoms with Gasteiger partial charge >= 0.3 is 6.18 Å². The maximum absolute atomic E-state index is 12.6. The van der Waals surface area contributed by atoms with Gasteiger partial charge in [0, 0.05) is 18.0 Å². The van der Waals surface area contributed by atoms with Gasteiger partial charge in [-0.15, -0.1) is 0 Å². The average molecular weight is 346 g/mol. The number of pyridine rings is 1. The Labute approximate surface area is 143 Å². The average Bonchev–Trinajstić information content (AvgIpc) is 3.04. The Balaban J connectivity index is 1.64. The Bertz CT molecular complexity index is 810. The number of aromatic nitrogens is 3. The SMILES string of the molecule is CC(Nc1ccc(C(F)(F)F)cn1)c1cnn(Cc2ccccc2)c1. The number of anilines is 1. The van der Waals surface area contributed by atoms with Gasteiger partial charge in [-0.1, -0.05) is 30.3 Å². The third kappa shape index (κ3) is 4.37. The fraction of sp³-hybridized carbons (Fsp3) is 0.222. The van der Waals surface area contributed by atoms with Crippen LogP contribution in [0.1, 0.15) is 29.7 Å². The van der Waals surface area contributed by atoms with Crippen LogP contribution in [0.2, 0.25) is 0 Å². The summed E-state index contributed by atoms with van der Waals surface area (Å²) < 4.78 is 39.5. The van der Waals surface area contributed by atoms with E-state index in [-0.39, 0.29) is 6.04 Å². The Hall–Kier alpha value is -2.83. The molecule has 0 spiro atoms. The maximum atomic E-state index is 12.6. The summed E-state index contributed by atoms with van der Waals surface area (Å²) in [6.45, 7) is 2.56. The van der Waals surface area contributed by atoms with Crippen LogP contribution in [0.3, 0.4) is 0 Å². The summed E-state index contributed by atoms with van der Waals surface area (Å²) in [5.74, 6) is 0.385. The summed E-state index contributed by atoms with van der Waals surface area (Å²) >= 11 is 0. The predicted molar refractivity (Wildman–Crippen MR) is 89.0 cm³/mol. The molecule has 0 aliphatic carbocycles. The third-order valence-electron chi connectivity index (χ3n) is 3.80. The molecule has 0 saturated heterocycles. The highest BCUT2D eigenvalue weighted by Crippen LogP contribution is 2.29. The molecular weight excluding hydrogens is 329 g/mol. The van der Waals surface area contributed by atoms with E-state index >= 15 is 0 Å². The Morgan fingerprint density at radius 2 is 1.84 bits per heavy atom. The van der Waals surface area contributed by atoms with Gasteiger partial charge in [0.25, 0.3) is 0 Å². The summed E-state index contributed by atoms with van der Waals surface area (Å²) in [4.78, 5) is 3.83.